The lowest BCUT2D eigenvalue weighted by Crippen LogP contribution is -2.28. The van der Waals surface area contributed by atoms with Gasteiger partial charge in [0.05, 0.1) is 22.4 Å². The number of ether oxygens (including phenoxy) is 1. The number of nitro benzene ring substituents is 1. The van der Waals surface area contributed by atoms with E-state index in [1.165, 1.54) is 30.3 Å². The number of hydrogen-bond donors (Lipinski definition) is 1. The summed E-state index contributed by atoms with van der Waals surface area (Å²) in [7, 11) is 0. The standard InChI is InChI=1S/C25H22FN3O5/c1-14-8-15(2)16(3)23(9-14)33-21-11-19(10-20(12-21)29(31)32)27-25(30)24-13-22(28-34-24)17-4-6-18(26)7-5-17/h4-12,24H,13H2,1-3H3,(H,27,30). The average molecular weight is 463 g/mol. The van der Waals surface area contributed by atoms with E-state index >= 15 is 0 Å². The summed E-state index contributed by atoms with van der Waals surface area (Å²) >= 11 is 0. The number of carbonyl (C=O) groups excluding carboxylic acids is 1. The summed E-state index contributed by atoms with van der Waals surface area (Å²) in [5.41, 5.74) is 4.05. The molecule has 3 aromatic carbocycles. The number of halogens is 1. The molecule has 4 rings (SSSR count). The lowest BCUT2D eigenvalue weighted by atomic mass is 10.0. The fourth-order valence-corrected chi connectivity index (χ4v) is 3.61. The number of hydrogen-bond acceptors (Lipinski definition) is 6. The molecule has 1 heterocycles. The number of nitro groups is 1. The maximum atomic E-state index is 13.1. The van der Waals surface area contributed by atoms with Gasteiger partial charge in [0.2, 0.25) is 6.10 Å². The first-order chi connectivity index (χ1) is 16.2. The fourth-order valence-electron chi connectivity index (χ4n) is 3.61. The van der Waals surface area contributed by atoms with E-state index < -0.39 is 16.9 Å². The summed E-state index contributed by atoms with van der Waals surface area (Å²) < 4.78 is 19.1. The number of aryl methyl sites for hydroxylation is 2. The van der Waals surface area contributed by atoms with Gasteiger partial charge in [-0.3, -0.25) is 14.9 Å². The molecule has 9 heteroatoms. The molecule has 34 heavy (non-hydrogen) atoms. The Labute approximate surface area is 195 Å². The zero-order chi connectivity index (χ0) is 24.4. The summed E-state index contributed by atoms with van der Waals surface area (Å²) in [6, 6.07) is 13.6. The van der Waals surface area contributed by atoms with Crippen LogP contribution in [0.5, 0.6) is 11.5 Å². The average Bonchev–Trinajstić information content (AvgIpc) is 3.28. The van der Waals surface area contributed by atoms with E-state index in [0.717, 1.165) is 16.7 Å². The summed E-state index contributed by atoms with van der Waals surface area (Å²) in [5.74, 6) is -0.105. The number of benzene rings is 3. The largest absolute Gasteiger partial charge is 0.457 e. The zero-order valence-electron chi connectivity index (χ0n) is 18.8. The van der Waals surface area contributed by atoms with E-state index in [4.69, 9.17) is 9.57 Å². The van der Waals surface area contributed by atoms with E-state index in [9.17, 15) is 19.3 Å². The Bertz CT molecular complexity index is 1300. The van der Waals surface area contributed by atoms with Crippen molar-refractivity contribution in [3.63, 3.8) is 0 Å². The van der Waals surface area contributed by atoms with E-state index in [2.05, 4.69) is 10.5 Å². The van der Waals surface area contributed by atoms with Crippen LogP contribution >= 0.6 is 0 Å². The molecule has 1 aliphatic rings. The molecular weight excluding hydrogens is 441 g/mol. The minimum absolute atomic E-state index is 0.178. The number of anilines is 1. The first kappa shape index (κ1) is 22.9. The van der Waals surface area contributed by atoms with Gasteiger partial charge >= 0.3 is 0 Å². The van der Waals surface area contributed by atoms with Crippen molar-refractivity contribution in [3.8, 4) is 11.5 Å². The number of nitrogens with one attached hydrogen (secondary N) is 1. The van der Waals surface area contributed by atoms with Gasteiger partial charge in [-0.15, -0.1) is 0 Å². The maximum Gasteiger partial charge on any atom is 0.275 e. The van der Waals surface area contributed by atoms with Crippen LogP contribution in [-0.4, -0.2) is 22.6 Å². The van der Waals surface area contributed by atoms with Crippen LogP contribution in [0.25, 0.3) is 0 Å². The second-order valence-corrected chi connectivity index (χ2v) is 8.11. The van der Waals surface area contributed by atoms with Crippen molar-refractivity contribution in [1.82, 2.24) is 0 Å². The molecule has 0 fully saturated rings. The third kappa shape index (κ3) is 5.03. The summed E-state index contributed by atoms with van der Waals surface area (Å²) in [6.45, 7) is 5.79. The third-order valence-corrected chi connectivity index (χ3v) is 5.50. The van der Waals surface area contributed by atoms with E-state index in [-0.39, 0.29) is 29.4 Å². The molecule has 0 spiro atoms. The highest BCUT2D eigenvalue weighted by molar-refractivity contribution is 6.06. The Morgan fingerprint density at radius 3 is 2.59 bits per heavy atom. The Balaban J connectivity index is 1.52. The summed E-state index contributed by atoms with van der Waals surface area (Å²) in [4.78, 5) is 28.9. The quantitative estimate of drug-likeness (QED) is 0.380. The summed E-state index contributed by atoms with van der Waals surface area (Å²) in [5, 5.41) is 18.0. The highest BCUT2D eigenvalue weighted by Crippen LogP contribution is 2.33. The Hall–Kier alpha value is -4.27. The molecule has 1 amide bonds. The van der Waals surface area contributed by atoms with Crippen LogP contribution in [-0.2, 0) is 9.63 Å². The Morgan fingerprint density at radius 1 is 1.15 bits per heavy atom. The van der Waals surface area contributed by atoms with Gasteiger partial charge in [-0.25, -0.2) is 4.39 Å². The molecule has 0 aromatic heterocycles. The van der Waals surface area contributed by atoms with Crippen LogP contribution in [0, 0.1) is 36.7 Å². The minimum Gasteiger partial charge on any atom is -0.457 e. The smallest absolute Gasteiger partial charge is 0.275 e. The van der Waals surface area contributed by atoms with Crippen molar-refractivity contribution in [2.24, 2.45) is 5.16 Å². The zero-order valence-corrected chi connectivity index (χ0v) is 18.8. The van der Waals surface area contributed by atoms with E-state index in [0.29, 0.717) is 17.0 Å². The van der Waals surface area contributed by atoms with Crippen molar-refractivity contribution in [2.45, 2.75) is 33.3 Å². The fraction of sp³-hybridized carbons (Fsp3) is 0.200. The Morgan fingerprint density at radius 2 is 1.88 bits per heavy atom. The molecule has 1 unspecified atom stereocenters. The van der Waals surface area contributed by atoms with Crippen LogP contribution < -0.4 is 10.1 Å². The monoisotopic (exact) mass is 463 g/mol. The van der Waals surface area contributed by atoms with E-state index in [1.807, 2.05) is 32.9 Å². The Kier molecular flexibility index (Phi) is 6.27. The van der Waals surface area contributed by atoms with Gasteiger partial charge in [0.25, 0.3) is 11.6 Å². The number of oxime groups is 1. The SMILES string of the molecule is Cc1cc(C)c(C)c(Oc2cc(NC(=O)C3CC(c4ccc(F)cc4)=NO3)cc([N+](=O)[O-])c2)c1. The van der Waals surface area contributed by atoms with Gasteiger partial charge in [0.1, 0.15) is 17.3 Å². The lowest BCUT2D eigenvalue weighted by molar-refractivity contribution is -0.384. The molecule has 1 atom stereocenters. The van der Waals surface area contributed by atoms with Crippen LogP contribution in [0.15, 0.2) is 59.8 Å². The van der Waals surface area contributed by atoms with Crippen molar-refractivity contribution in [2.75, 3.05) is 5.32 Å². The molecule has 0 bridgehead atoms. The molecule has 0 saturated carbocycles. The van der Waals surface area contributed by atoms with Crippen molar-refractivity contribution < 1.29 is 23.7 Å². The van der Waals surface area contributed by atoms with Crippen LogP contribution in [0.4, 0.5) is 15.8 Å². The molecular formula is C25H22FN3O5. The second kappa shape index (κ2) is 9.30. The van der Waals surface area contributed by atoms with Crippen LogP contribution in [0.3, 0.4) is 0 Å². The highest BCUT2D eigenvalue weighted by atomic mass is 19.1. The van der Waals surface area contributed by atoms with E-state index in [1.54, 1.807) is 12.1 Å². The molecule has 3 aromatic rings. The van der Waals surface area contributed by atoms with Crippen LogP contribution in [0.2, 0.25) is 0 Å². The van der Waals surface area contributed by atoms with Crippen molar-refractivity contribution >= 4 is 23.0 Å². The topological polar surface area (TPSA) is 103 Å². The number of non-ortho nitro benzene ring substituents is 1. The molecule has 0 saturated heterocycles. The van der Waals surface area contributed by atoms with Gasteiger partial charge in [0, 0.05) is 18.6 Å². The number of carbonyl (C=O) groups is 1. The maximum absolute atomic E-state index is 13.1. The van der Waals surface area contributed by atoms with Gasteiger partial charge in [-0.05, 0) is 61.2 Å². The first-order valence-corrected chi connectivity index (χ1v) is 10.5. The highest BCUT2D eigenvalue weighted by Gasteiger charge is 2.29. The third-order valence-electron chi connectivity index (χ3n) is 5.50. The molecule has 0 aliphatic carbocycles. The molecule has 1 N–H and O–H groups in total. The predicted octanol–water partition coefficient (Wildman–Crippen LogP) is 5.58. The molecule has 0 radical (unpaired) electrons. The lowest BCUT2D eigenvalue weighted by Gasteiger charge is -2.14. The van der Waals surface area contributed by atoms with Gasteiger partial charge in [-0.1, -0.05) is 23.4 Å². The van der Waals surface area contributed by atoms with Gasteiger partial charge in [-0.2, -0.15) is 0 Å². The molecule has 1 aliphatic heterocycles. The predicted molar refractivity (Wildman–Crippen MR) is 125 cm³/mol. The number of rotatable bonds is 6. The van der Waals surface area contributed by atoms with Crippen molar-refractivity contribution in [3.05, 3.63) is 92.8 Å². The van der Waals surface area contributed by atoms with Gasteiger partial charge in [0.15, 0.2) is 0 Å². The number of nitrogens with zero attached hydrogens (tertiary/aromatic N) is 2. The summed E-state index contributed by atoms with van der Waals surface area (Å²) in [6.07, 6.45) is -0.748. The van der Waals surface area contributed by atoms with Gasteiger partial charge < -0.3 is 14.9 Å². The molecule has 174 valence electrons. The molecule has 8 nitrogen and oxygen atoms in total. The minimum atomic E-state index is -0.926. The normalized spacial score (nSPS) is 14.8. The first-order valence-electron chi connectivity index (χ1n) is 10.5. The number of amides is 1. The van der Waals surface area contributed by atoms with Crippen molar-refractivity contribution in [1.29, 1.82) is 0 Å². The van der Waals surface area contributed by atoms with Crippen LogP contribution in [0.1, 0.15) is 28.7 Å². The second-order valence-electron chi connectivity index (χ2n) is 8.11.